The van der Waals surface area contributed by atoms with Crippen molar-refractivity contribution in [1.82, 2.24) is 0 Å². The van der Waals surface area contributed by atoms with E-state index in [2.05, 4.69) is 20.9 Å². The van der Waals surface area contributed by atoms with Gasteiger partial charge in [0.1, 0.15) is 0 Å². The normalized spacial score (nSPS) is 9.00. The van der Waals surface area contributed by atoms with E-state index in [0.717, 1.165) is 10.9 Å². The molecule has 0 saturated carbocycles. The van der Waals surface area contributed by atoms with Gasteiger partial charge in [-0.15, -0.1) is 4.99 Å². The third-order valence-corrected chi connectivity index (χ3v) is 2.15. The van der Waals surface area contributed by atoms with E-state index in [1.807, 2.05) is 0 Å². The van der Waals surface area contributed by atoms with Crippen LogP contribution >= 0.6 is 15.9 Å². The predicted molar refractivity (Wildman–Crippen MR) is 51.5 cm³/mol. The van der Waals surface area contributed by atoms with E-state index in [0.29, 0.717) is 5.56 Å². The Morgan fingerprint density at radius 1 is 1.38 bits per heavy atom. The number of aliphatic imine (C=N–C) groups is 1. The van der Waals surface area contributed by atoms with E-state index >= 15 is 0 Å². The van der Waals surface area contributed by atoms with Crippen LogP contribution in [0.2, 0.25) is 0 Å². The van der Waals surface area contributed by atoms with E-state index in [1.54, 1.807) is 24.3 Å². The van der Waals surface area contributed by atoms with Crippen LogP contribution in [0.5, 0.6) is 0 Å². The number of carbonyl (C=O) groups is 1. The molecule has 0 spiro atoms. The van der Waals surface area contributed by atoms with Gasteiger partial charge in [-0.25, -0.2) is 4.79 Å². The van der Waals surface area contributed by atoms with E-state index in [-0.39, 0.29) is 0 Å². The lowest BCUT2D eigenvalue weighted by atomic mass is 10.1. The highest BCUT2D eigenvalue weighted by molar-refractivity contribution is 9.08. The van der Waals surface area contributed by atoms with Gasteiger partial charge in [0.15, 0.2) is 0 Å². The molecule has 4 heteroatoms. The first-order valence-electron chi connectivity index (χ1n) is 3.55. The van der Waals surface area contributed by atoms with Crippen LogP contribution in [0.25, 0.3) is 0 Å². The van der Waals surface area contributed by atoms with Gasteiger partial charge in [0, 0.05) is 10.9 Å². The molecule has 66 valence electrons. The molecule has 0 aliphatic heterocycles. The van der Waals surface area contributed by atoms with Gasteiger partial charge in [0.25, 0.3) is 5.91 Å². The van der Waals surface area contributed by atoms with E-state index in [9.17, 15) is 9.59 Å². The SMILES string of the molecule is O=C=NC(=O)c1ccc(CBr)cc1. The summed E-state index contributed by atoms with van der Waals surface area (Å²) in [6.45, 7) is 0. The summed E-state index contributed by atoms with van der Waals surface area (Å²) in [7, 11) is 0. The molecule has 0 radical (unpaired) electrons. The Labute approximate surface area is 83.6 Å². The zero-order valence-electron chi connectivity index (χ0n) is 6.66. The first kappa shape index (κ1) is 9.84. The molecule has 0 heterocycles. The highest BCUT2D eigenvalue weighted by Crippen LogP contribution is 2.08. The number of isocyanates is 1. The lowest BCUT2D eigenvalue weighted by Gasteiger charge is -1.95. The molecular formula is C9H6BrNO2. The lowest BCUT2D eigenvalue weighted by Crippen LogP contribution is -1.93. The fourth-order valence-electron chi connectivity index (χ4n) is 0.842. The highest BCUT2D eigenvalue weighted by atomic mass is 79.9. The fourth-order valence-corrected chi connectivity index (χ4v) is 1.22. The van der Waals surface area contributed by atoms with Gasteiger partial charge in [-0.2, -0.15) is 0 Å². The second-order valence-corrected chi connectivity index (χ2v) is 2.90. The maximum Gasteiger partial charge on any atom is 0.287 e. The van der Waals surface area contributed by atoms with E-state index in [4.69, 9.17) is 0 Å². The second kappa shape index (κ2) is 4.70. The minimum atomic E-state index is -0.559. The predicted octanol–water partition coefficient (Wildman–Crippen LogP) is 2.06. The van der Waals surface area contributed by atoms with Crippen LogP contribution in [0.4, 0.5) is 0 Å². The van der Waals surface area contributed by atoms with Crippen molar-refractivity contribution in [2.24, 2.45) is 4.99 Å². The number of amides is 1. The van der Waals surface area contributed by atoms with Crippen molar-refractivity contribution in [2.75, 3.05) is 0 Å². The Balaban J connectivity index is 2.92. The molecule has 0 unspecified atom stereocenters. The summed E-state index contributed by atoms with van der Waals surface area (Å²) < 4.78 is 0. The lowest BCUT2D eigenvalue weighted by molar-refractivity contribution is 0.100. The van der Waals surface area contributed by atoms with Gasteiger partial charge >= 0.3 is 0 Å². The number of alkyl halides is 1. The first-order chi connectivity index (χ1) is 6.27. The standard InChI is InChI=1S/C9H6BrNO2/c10-5-7-1-3-8(4-2-7)9(13)11-6-12/h1-4H,5H2. The summed E-state index contributed by atoms with van der Waals surface area (Å²) in [5.74, 6) is -0.559. The van der Waals surface area contributed by atoms with Gasteiger partial charge in [0.2, 0.25) is 6.08 Å². The van der Waals surface area contributed by atoms with Gasteiger partial charge in [0.05, 0.1) is 0 Å². The zero-order chi connectivity index (χ0) is 9.68. The van der Waals surface area contributed by atoms with Gasteiger partial charge in [-0.3, -0.25) is 4.79 Å². The van der Waals surface area contributed by atoms with Crippen molar-refractivity contribution >= 4 is 27.9 Å². The Morgan fingerprint density at radius 2 is 2.00 bits per heavy atom. The summed E-state index contributed by atoms with van der Waals surface area (Å²) in [5, 5.41) is 0.735. The minimum Gasteiger partial charge on any atom is -0.266 e. The number of halogens is 1. The first-order valence-corrected chi connectivity index (χ1v) is 4.67. The number of nitrogens with zero attached hydrogens (tertiary/aromatic N) is 1. The van der Waals surface area contributed by atoms with Crippen LogP contribution in [0.3, 0.4) is 0 Å². The molecule has 1 aromatic rings. The zero-order valence-corrected chi connectivity index (χ0v) is 8.24. The van der Waals surface area contributed by atoms with Crippen LogP contribution < -0.4 is 0 Å². The smallest absolute Gasteiger partial charge is 0.266 e. The summed E-state index contributed by atoms with van der Waals surface area (Å²) in [4.78, 5) is 23.8. The molecule has 0 atom stereocenters. The van der Waals surface area contributed by atoms with Crippen LogP contribution in [0, 0.1) is 0 Å². The molecule has 0 aliphatic rings. The van der Waals surface area contributed by atoms with Crippen LogP contribution in [0.1, 0.15) is 15.9 Å². The summed E-state index contributed by atoms with van der Waals surface area (Å²) >= 11 is 3.28. The maximum atomic E-state index is 11.0. The molecular weight excluding hydrogens is 234 g/mol. The Kier molecular flexibility index (Phi) is 3.55. The average molecular weight is 240 g/mol. The molecule has 13 heavy (non-hydrogen) atoms. The fraction of sp³-hybridized carbons (Fsp3) is 0.111. The molecule has 3 nitrogen and oxygen atoms in total. The molecule has 1 aromatic carbocycles. The number of rotatable bonds is 2. The quantitative estimate of drug-likeness (QED) is 0.451. The second-order valence-electron chi connectivity index (χ2n) is 2.34. The van der Waals surface area contributed by atoms with Gasteiger partial charge in [-0.1, -0.05) is 28.1 Å². The monoisotopic (exact) mass is 239 g/mol. The number of benzene rings is 1. The van der Waals surface area contributed by atoms with Crippen molar-refractivity contribution in [3.05, 3.63) is 35.4 Å². The Hall–Kier alpha value is -1.25. The molecule has 0 bridgehead atoms. The molecule has 0 aromatic heterocycles. The molecule has 0 fully saturated rings. The molecule has 0 saturated heterocycles. The number of hydrogen-bond acceptors (Lipinski definition) is 2. The molecule has 0 N–H and O–H groups in total. The molecule has 0 aliphatic carbocycles. The highest BCUT2D eigenvalue weighted by Gasteiger charge is 2.02. The Bertz CT molecular complexity index is 352. The van der Waals surface area contributed by atoms with E-state index < -0.39 is 5.91 Å². The van der Waals surface area contributed by atoms with Crippen molar-refractivity contribution < 1.29 is 9.59 Å². The average Bonchev–Trinajstić information content (AvgIpc) is 2.18. The van der Waals surface area contributed by atoms with Crippen molar-refractivity contribution in [3.8, 4) is 0 Å². The van der Waals surface area contributed by atoms with Crippen LogP contribution in [0.15, 0.2) is 29.3 Å². The third-order valence-electron chi connectivity index (χ3n) is 1.50. The number of hydrogen-bond donors (Lipinski definition) is 0. The number of carbonyl (C=O) groups excluding carboxylic acids is 2. The molecule has 1 amide bonds. The topological polar surface area (TPSA) is 46.5 Å². The minimum absolute atomic E-state index is 0.396. The van der Waals surface area contributed by atoms with Crippen LogP contribution in [-0.2, 0) is 10.1 Å². The van der Waals surface area contributed by atoms with Crippen molar-refractivity contribution in [1.29, 1.82) is 0 Å². The summed E-state index contributed by atoms with van der Waals surface area (Å²) in [6.07, 6.45) is 1.21. The molecule has 1 rings (SSSR count). The van der Waals surface area contributed by atoms with Crippen molar-refractivity contribution in [3.63, 3.8) is 0 Å². The van der Waals surface area contributed by atoms with Gasteiger partial charge in [-0.05, 0) is 17.7 Å². The van der Waals surface area contributed by atoms with E-state index in [1.165, 1.54) is 6.08 Å². The summed E-state index contributed by atoms with van der Waals surface area (Å²) in [5.41, 5.74) is 1.46. The largest absolute Gasteiger partial charge is 0.287 e. The third kappa shape index (κ3) is 2.61. The van der Waals surface area contributed by atoms with Crippen LogP contribution in [-0.4, -0.2) is 12.0 Å². The Morgan fingerprint density at radius 3 is 2.46 bits per heavy atom. The van der Waals surface area contributed by atoms with Gasteiger partial charge < -0.3 is 0 Å². The summed E-state index contributed by atoms with van der Waals surface area (Å²) in [6, 6.07) is 6.84. The maximum absolute atomic E-state index is 11.0. The van der Waals surface area contributed by atoms with Crippen molar-refractivity contribution in [2.45, 2.75) is 5.33 Å².